The van der Waals surface area contributed by atoms with Gasteiger partial charge >= 0.3 is 0 Å². The molecule has 0 saturated carbocycles. The first-order valence-corrected chi connectivity index (χ1v) is 8.98. The van der Waals surface area contributed by atoms with Crippen LogP contribution in [0.3, 0.4) is 0 Å². The van der Waals surface area contributed by atoms with Crippen LogP contribution < -0.4 is 15.8 Å². The Labute approximate surface area is 168 Å². The maximum Gasteiger partial charge on any atom is 0.255 e. The van der Waals surface area contributed by atoms with Gasteiger partial charge in [-0.05, 0) is 42.0 Å². The molecule has 0 aliphatic carbocycles. The molecule has 0 atom stereocenters. The van der Waals surface area contributed by atoms with Crippen molar-refractivity contribution in [3.8, 4) is 11.5 Å². The van der Waals surface area contributed by atoms with Crippen LogP contribution in [0.2, 0.25) is 5.02 Å². The van der Waals surface area contributed by atoms with Gasteiger partial charge in [0.15, 0.2) is 0 Å². The molecule has 0 aliphatic rings. The SMILES string of the molecule is COCc1ccc(C(=O)NCc2cccc(Oc3ccccc3Cl)c2)c(N)n1. The molecule has 0 fully saturated rings. The second-order valence-corrected chi connectivity index (χ2v) is 6.44. The Hall–Kier alpha value is -3.09. The van der Waals surface area contributed by atoms with Gasteiger partial charge in [-0.2, -0.15) is 0 Å². The van der Waals surface area contributed by atoms with Crippen molar-refractivity contribution in [2.24, 2.45) is 0 Å². The molecular formula is C21H20ClN3O3. The van der Waals surface area contributed by atoms with Crippen molar-refractivity contribution >= 4 is 23.3 Å². The number of ether oxygens (including phenoxy) is 2. The second-order valence-electron chi connectivity index (χ2n) is 6.03. The molecule has 0 bridgehead atoms. The lowest BCUT2D eigenvalue weighted by Gasteiger charge is -2.11. The molecule has 1 heterocycles. The third kappa shape index (κ3) is 5.00. The Morgan fingerprint density at radius 2 is 1.96 bits per heavy atom. The van der Waals surface area contributed by atoms with Crippen molar-refractivity contribution in [3.63, 3.8) is 0 Å². The number of anilines is 1. The number of rotatable bonds is 7. The fraction of sp³-hybridized carbons (Fsp3) is 0.143. The van der Waals surface area contributed by atoms with Crippen molar-refractivity contribution in [2.75, 3.05) is 12.8 Å². The van der Waals surface area contributed by atoms with Gasteiger partial charge in [0.1, 0.15) is 17.3 Å². The van der Waals surface area contributed by atoms with E-state index < -0.39 is 0 Å². The van der Waals surface area contributed by atoms with E-state index in [0.29, 0.717) is 40.9 Å². The maximum atomic E-state index is 12.4. The first-order valence-electron chi connectivity index (χ1n) is 8.60. The molecule has 1 amide bonds. The van der Waals surface area contributed by atoms with Crippen molar-refractivity contribution in [3.05, 3.63) is 82.5 Å². The normalized spacial score (nSPS) is 10.5. The van der Waals surface area contributed by atoms with Gasteiger partial charge in [0.25, 0.3) is 5.91 Å². The Morgan fingerprint density at radius 1 is 1.14 bits per heavy atom. The summed E-state index contributed by atoms with van der Waals surface area (Å²) in [7, 11) is 1.57. The number of nitrogens with one attached hydrogen (secondary N) is 1. The molecule has 1 aromatic heterocycles. The van der Waals surface area contributed by atoms with Crippen molar-refractivity contribution in [2.45, 2.75) is 13.2 Å². The molecule has 3 N–H and O–H groups in total. The van der Waals surface area contributed by atoms with Crippen LogP contribution in [0.5, 0.6) is 11.5 Å². The highest BCUT2D eigenvalue weighted by atomic mass is 35.5. The summed E-state index contributed by atoms with van der Waals surface area (Å²) >= 11 is 6.12. The van der Waals surface area contributed by atoms with Gasteiger partial charge in [0, 0.05) is 13.7 Å². The van der Waals surface area contributed by atoms with Gasteiger partial charge in [-0.25, -0.2) is 4.98 Å². The van der Waals surface area contributed by atoms with Crippen LogP contribution in [-0.4, -0.2) is 18.0 Å². The minimum absolute atomic E-state index is 0.169. The number of hydrogen-bond acceptors (Lipinski definition) is 5. The summed E-state index contributed by atoms with van der Waals surface area (Å²) in [6.07, 6.45) is 0. The van der Waals surface area contributed by atoms with Crippen LogP contribution in [0.25, 0.3) is 0 Å². The fourth-order valence-electron chi connectivity index (χ4n) is 2.59. The highest BCUT2D eigenvalue weighted by Gasteiger charge is 2.12. The van der Waals surface area contributed by atoms with E-state index in [1.165, 1.54) is 0 Å². The Morgan fingerprint density at radius 3 is 2.71 bits per heavy atom. The summed E-state index contributed by atoms with van der Waals surface area (Å²) in [5, 5.41) is 3.37. The predicted octanol–water partition coefficient (Wildman–Crippen LogP) is 4.19. The van der Waals surface area contributed by atoms with Crippen LogP contribution in [0.1, 0.15) is 21.6 Å². The van der Waals surface area contributed by atoms with Crippen molar-refractivity contribution in [1.82, 2.24) is 10.3 Å². The molecule has 2 aromatic carbocycles. The predicted molar refractivity (Wildman–Crippen MR) is 109 cm³/mol. The van der Waals surface area contributed by atoms with Gasteiger partial charge in [0.2, 0.25) is 0 Å². The molecule has 0 saturated heterocycles. The Kier molecular flexibility index (Phi) is 6.47. The molecule has 0 aliphatic heterocycles. The molecule has 6 nitrogen and oxygen atoms in total. The van der Waals surface area contributed by atoms with Crippen molar-refractivity contribution in [1.29, 1.82) is 0 Å². The number of amides is 1. The smallest absolute Gasteiger partial charge is 0.255 e. The summed E-state index contributed by atoms with van der Waals surface area (Å²) in [4.78, 5) is 16.6. The van der Waals surface area contributed by atoms with Crippen LogP contribution in [0.15, 0.2) is 60.7 Å². The fourth-order valence-corrected chi connectivity index (χ4v) is 2.76. The van der Waals surface area contributed by atoms with Crippen molar-refractivity contribution < 1.29 is 14.3 Å². The lowest BCUT2D eigenvalue weighted by Crippen LogP contribution is -2.24. The lowest BCUT2D eigenvalue weighted by atomic mass is 10.2. The minimum atomic E-state index is -0.300. The lowest BCUT2D eigenvalue weighted by molar-refractivity contribution is 0.0951. The van der Waals surface area contributed by atoms with Gasteiger partial charge in [-0.15, -0.1) is 0 Å². The summed E-state index contributed by atoms with van der Waals surface area (Å²) in [5.74, 6) is 1.07. The topological polar surface area (TPSA) is 86.5 Å². The standard InChI is InChI=1S/C21H20ClN3O3/c1-27-13-15-9-10-17(20(23)25-15)21(26)24-12-14-5-4-6-16(11-14)28-19-8-3-2-7-18(19)22/h2-11H,12-13H2,1H3,(H2,23,25)(H,24,26). The first kappa shape index (κ1) is 19.7. The second kappa shape index (κ2) is 9.21. The summed E-state index contributed by atoms with van der Waals surface area (Å²) in [6, 6.07) is 18.0. The molecule has 144 valence electrons. The number of hydrogen-bond donors (Lipinski definition) is 2. The molecule has 3 aromatic rings. The largest absolute Gasteiger partial charge is 0.456 e. The molecule has 28 heavy (non-hydrogen) atoms. The van der Waals surface area contributed by atoms with Crippen LogP contribution in [0, 0.1) is 0 Å². The van der Waals surface area contributed by atoms with E-state index in [-0.39, 0.29) is 11.7 Å². The molecule has 0 spiro atoms. The zero-order valence-corrected chi connectivity index (χ0v) is 16.1. The van der Waals surface area contributed by atoms with Crippen LogP contribution >= 0.6 is 11.6 Å². The third-order valence-electron chi connectivity index (χ3n) is 3.94. The summed E-state index contributed by atoms with van der Waals surface area (Å²) < 4.78 is 10.8. The van der Waals surface area contributed by atoms with Crippen LogP contribution in [-0.2, 0) is 17.9 Å². The molecule has 3 rings (SSSR count). The average molecular weight is 398 g/mol. The van der Waals surface area contributed by atoms with E-state index in [9.17, 15) is 4.79 Å². The van der Waals surface area contributed by atoms with Gasteiger partial charge in [0.05, 0.1) is 22.9 Å². The molecule has 0 radical (unpaired) electrons. The quantitative estimate of drug-likeness (QED) is 0.624. The van der Waals surface area contributed by atoms with E-state index in [1.807, 2.05) is 36.4 Å². The third-order valence-corrected chi connectivity index (χ3v) is 4.25. The number of pyridine rings is 1. The van der Waals surface area contributed by atoms with Crippen LogP contribution in [0.4, 0.5) is 5.82 Å². The number of aromatic nitrogens is 1. The number of nitrogen functional groups attached to an aromatic ring is 1. The Bertz CT molecular complexity index is 979. The minimum Gasteiger partial charge on any atom is -0.456 e. The number of carbonyl (C=O) groups excluding carboxylic acids is 1. The number of nitrogens with zero attached hydrogens (tertiary/aromatic N) is 1. The molecule has 0 unspecified atom stereocenters. The summed E-state index contributed by atoms with van der Waals surface area (Å²) in [5.41, 5.74) is 7.75. The highest BCUT2D eigenvalue weighted by molar-refractivity contribution is 6.32. The van der Waals surface area contributed by atoms with E-state index in [4.69, 9.17) is 26.8 Å². The zero-order chi connectivity index (χ0) is 19.9. The maximum absolute atomic E-state index is 12.4. The molecular weight excluding hydrogens is 378 g/mol. The summed E-state index contributed by atoms with van der Waals surface area (Å²) in [6.45, 7) is 0.655. The van der Waals surface area contributed by atoms with Gasteiger partial charge in [-0.3, -0.25) is 4.79 Å². The number of nitrogens with two attached hydrogens (primary N) is 1. The number of para-hydroxylation sites is 1. The van der Waals surface area contributed by atoms with E-state index in [1.54, 1.807) is 31.4 Å². The highest BCUT2D eigenvalue weighted by Crippen LogP contribution is 2.29. The van der Waals surface area contributed by atoms with E-state index in [2.05, 4.69) is 10.3 Å². The average Bonchev–Trinajstić information content (AvgIpc) is 2.69. The Balaban J connectivity index is 1.65. The number of benzene rings is 2. The van der Waals surface area contributed by atoms with E-state index in [0.717, 1.165) is 5.56 Å². The van der Waals surface area contributed by atoms with Gasteiger partial charge in [-0.1, -0.05) is 35.9 Å². The monoisotopic (exact) mass is 397 g/mol. The number of carbonyl (C=O) groups is 1. The molecule has 7 heteroatoms. The van der Waals surface area contributed by atoms with E-state index >= 15 is 0 Å². The number of halogens is 1. The number of methoxy groups -OCH3 is 1. The zero-order valence-electron chi connectivity index (χ0n) is 15.3. The first-order chi connectivity index (χ1) is 13.6. The van der Waals surface area contributed by atoms with Gasteiger partial charge < -0.3 is 20.5 Å².